The number of nitrogens with zero attached hydrogens (tertiary/aromatic N) is 4. The molecule has 86 heavy (non-hydrogen) atoms. The number of likely N-dealkylation sites (tertiary alicyclic amines) is 2. The average molecular weight is 1200 g/mol. The molecule has 14 nitrogen and oxygen atoms in total. The molecule has 7 aromatic rings. The number of ketones is 1. The zero-order chi connectivity index (χ0) is 61.5. The molecule has 2 aliphatic heterocycles. The number of Topliss-reactive ketones (excluding diaryl/α,β-unsaturated/α-hetero) is 1. The van der Waals surface area contributed by atoms with Crippen LogP contribution >= 0.6 is 22.7 Å². The van der Waals surface area contributed by atoms with E-state index < -0.39 is 53.0 Å². The molecule has 8 atom stereocenters. The van der Waals surface area contributed by atoms with Gasteiger partial charge in [0.15, 0.2) is 0 Å². The van der Waals surface area contributed by atoms with E-state index in [1.54, 1.807) is 43.1 Å². The lowest BCUT2D eigenvalue weighted by atomic mass is 9.76. The molecule has 9 rings (SSSR count). The number of benzene rings is 5. The molecule has 4 heterocycles. The smallest absolute Gasteiger partial charge is 0.251 e. The minimum atomic E-state index is -0.847. The van der Waals surface area contributed by atoms with Crippen LogP contribution < -0.4 is 21.3 Å². The molecule has 450 valence electrons. The summed E-state index contributed by atoms with van der Waals surface area (Å²) in [6, 6.07) is 44.2. The van der Waals surface area contributed by atoms with Crippen LogP contribution in [0.15, 0.2) is 156 Å². The maximum Gasteiger partial charge on any atom is 0.251 e. The highest BCUT2D eigenvalue weighted by Crippen LogP contribution is 2.43. The summed E-state index contributed by atoms with van der Waals surface area (Å²) in [6.45, 7) is 17.8. The monoisotopic (exact) mass is 1190 g/mol. The van der Waals surface area contributed by atoms with Crippen LogP contribution in [0.5, 0.6) is 0 Å². The van der Waals surface area contributed by atoms with Gasteiger partial charge >= 0.3 is 0 Å². The van der Waals surface area contributed by atoms with Crippen molar-refractivity contribution < 1.29 is 28.8 Å². The molecule has 0 spiro atoms. The third-order valence-corrected chi connectivity index (χ3v) is 19.1. The third kappa shape index (κ3) is 14.6. The number of amides is 5. The Hall–Kier alpha value is -7.66. The van der Waals surface area contributed by atoms with Crippen LogP contribution in [0.3, 0.4) is 0 Å². The number of rotatable bonds is 21. The highest BCUT2D eigenvalue weighted by molar-refractivity contribution is 7.10. The first-order valence-corrected chi connectivity index (χ1v) is 31.8. The molecule has 0 aliphatic carbocycles. The number of hydrogen-bond donors (Lipinski definition) is 4. The van der Waals surface area contributed by atoms with E-state index in [1.165, 1.54) is 22.7 Å². The van der Waals surface area contributed by atoms with Gasteiger partial charge in [-0.25, -0.2) is 9.97 Å². The number of carbonyl (C=O) groups is 6. The Morgan fingerprint density at radius 3 is 1.29 bits per heavy atom. The van der Waals surface area contributed by atoms with E-state index >= 15 is 9.59 Å². The summed E-state index contributed by atoms with van der Waals surface area (Å²) in [5, 5.41) is 18.2. The van der Waals surface area contributed by atoms with Gasteiger partial charge in [-0.1, -0.05) is 177 Å². The molecule has 16 heteroatoms. The van der Waals surface area contributed by atoms with Crippen molar-refractivity contribution in [2.24, 2.45) is 22.7 Å². The van der Waals surface area contributed by atoms with Crippen molar-refractivity contribution in [3.63, 3.8) is 0 Å². The van der Waals surface area contributed by atoms with Crippen LogP contribution in [-0.4, -0.2) is 99.4 Å². The fourth-order valence-electron chi connectivity index (χ4n) is 11.8. The fourth-order valence-corrected chi connectivity index (χ4v) is 13.7. The van der Waals surface area contributed by atoms with E-state index in [4.69, 9.17) is 9.97 Å². The Kier molecular flexibility index (Phi) is 20.0. The number of carbonyl (C=O) groups excluding carboxylic acids is 6. The normalized spacial score (nSPS) is 18.6. The topological polar surface area (TPSA) is 183 Å². The second kappa shape index (κ2) is 27.4. The van der Waals surface area contributed by atoms with Crippen molar-refractivity contribution in [1.82, 2.24) is 41.0 Å². The molecule has 5 aromatic carbocycles. The number of nitrogens with one attached hydrogen (secondary N) is 4. The Morgan fingerprint density at radius 1 is 0.558 bits per heavy atom. The van der Waals surface area contributed by atoms with Crippen molar-refractivity contribution in [3.05, 3.63) is 211 Å². The van der Waals surface area contributed by atoms with Gasteiger partial charge in [0.05, 0.1) is 41.3 Å². The van der Waals surface area contributed by atoms with E-state index in [-0.39, 0.29) is 72.6 Å². The first-order valence-electron chi connectivity index (χ1n) is 30.1. The zero-order valence-corrected chi connectivity index (χ0v) is 52.7. The van der Waals surface area contributed by atoms with Gasteiger partial charge in [-0.2, -0.15) is 0 Å². The average Bonchev–Trinajstić information content (AvgIpc) is 1.91. The standard InChI is InChI=1S/C70H82N8O6S2/c1-11-43(2)62(80)76-61(70(7,8)9)68(84)78-40-52(37-57(78)66-75-55(42-86-66)60(47-28-20-14-21-29-47)48-30-22-15-23-31-48)73-64(82)50-34-32-49(33-35-50)63(81)72-51-36-56(77(39-51)67(83)53(69(4,5)6)38-58(79)44(3)71-10)65-74-54(41-85-65)59(45-24-16-12-17-25-45)46-26-18-13-19-27-46/h12-35,41-44,51-53,56-57,59-61,71H,11,36-40H2,1-10H3,(H,72,81)(H,73,82)(H,76,80)/t43-,44+,51+,52+,53-,56+,57+,61-/m1/s1. The summed E-state index contributed by atoms with van der Waals surface area (Å²) in [5.74, 6) is -2.61. The lowest BCUT2D eigenvalue weighted by Crippen LogP contribution is -2.55. The molecule has 0 saturated carbocycles. The van der Waals surface area contributed by atoms with Gasteiger partial charge in [-0.3, -0.25) is 28.8 Å². The predicted molar refractivity (Wildman–Crippen MR) is 341 cm³/mol. The summed E-state index contributed by atoms with van der Waals surface area (Å²) < 4.78 is 0. The Morgan fingerprint density at radius 2 is 0.942 bits per heavy atom. The predicted octanol–water partition coefficient (Wildman–Crippen LogP) is 11.9. The highest BCUT2D eigenvalue weighted by Gasteiger charge is 2.47. The first kappa shape index (κ1) is 62.9. The summed E-state index contributed by atoms with van der Waals surface area (Å²) in [5.41, 5.74) is 5.53. The van der Waals surface area contributed by atoms with Gasteiger partial charge in [0.25, 0.3) is 11.8 Å². The zero-order valence-electron chi connectivity index (χ0n) is 51.1. The van der Waals surface area contributed by atoms with Gasteiger partial charge in [0.2, 0.25) is 17.7 Å². The van der Waals surface area contributed by atoms with E-state index in [2.05, 4.69) is 80.6 Å². The molecule has 0 bridgehead atoms. The van der Waals surface area contributed by atoms with Crippen molar-refractivity contribution in [1.29, 1.82) is 0 Å². The lowest BCUT2D eigenvalue weighted by Gasteiger charge is -2.36. The minimum absolute atomic E-state index is 0.0529. The van der Waals surface area contributed by atoms with Gasteiger partial charge in [0, 0.05) is 65.3 Å². The van der Waals surface area contributed by atoms with Gasteiger partial charge in [-0.15, -0.1) is 22.7 Å². The molecular weight excluding hydrogens is 1110 g/mol. The summed E-state index contributed by atoms with van der Waals surface area (Å²) >= 11 is 2.98. The molecule has 2 aliphatic rings. The van der Waals surface area contributed by atoms with E-state index in [0.717, 1.165) is 43.7 Å². The van der Waals surface area contributed by atoms with Crippen LogP contribution in [0.25, 0.3) is 0 Å². The minimum Gasteiger partial charge on any atom is -0.347 e. The SMILES string of the molecule is CC[C@@H](C)C(=O)N[C@H](C(=O)N1C[C@@H](NC(=O)c2ccc(C(=O)N[C@H]3C[C@@H](c4nc(C(c5ccccc5)c5ccccc5)cs4)N(C(=O)[C@@H](CC(=O)[C@H](C)NC)C(C)(C)C)C3)cc2)C[C@H]1c1nc(C(c2ccccc2)c2ccccc2)cs1)C(C)(C)C. The second-order valence-corrected chi connectivity index (χ2v) is 27.1. The van der Waals surface area contributed by atoms with Crippen molar-refractivity contribution in [2.75, 3.05) is 20.1 Å². The lowest BCUT2D eigenvalue weighted by molar-refractivity contribution is -0.143. The Bertz CT molecular complexity index is 3150. The van der Waals surface area contributed by atoms with Gasteiger partial charge < -0.3 is 31.1 Å². The van der Waals surface area contributed by atoms with Crippen LogP contribution in [0, 0.1) is 22.7 Å². The molecule has 2 aromatic heterocycles. The molecule has 0 unspecified atom stereocenters. The maximum atomic E-state index is 15.1. The number of hydrogen-bond acceptors (Lipinski definition) is 11. The van der Waals surface area contributed by atoms with E-state index in [9.17, 15) is 19.2 Å². The molecule has 2 saturated heterocycles. The summed E-state index contributed by atoms with van der Waals surface area (Å²) in [4.78, 5) is 99.9. The Labute approximate surface area is 515 Å². The number of aromatic nitrogens is 2. The van der Waals surface area contributed by atoms with Crippen LogP contribution in [0.1, 0.15) is 176 Å². The van der Waals surface area contributed by atoms with Gasteiger partial charge in [-0.05, 0) is 90.6 Å². The van der Waals surface area contributed by atoms with E-state index in [1.807, 2.05) is 133 Å². The fraction of sp³-hybridized carbons (Fsp3) is 0.400. The van der Waals surface area contributed by atoms with Crippen molar-refractivity contribution >= 4 is 58.0 Å². The first-order chi connectivity index (χ1) is 41.1. The van der Waals surface area contributed by atoms with Crippen molar-refractivity contribution in [3.8, 4) is 0 Å². The molecule has 2 fully saturated rings. The highest BCUT2D eigenvalue weighted by atomic mass is 32.1. The van der Waals surface area contributed by atoms with E-state index in [0.29, 0.717) is 30.4 Å². The molecule has 4 N–H and O–H groups in total. The van der Waals surface area contributed by atoms with Crippen molar-refractivity contribution in [2.45, 2.75) is 136 Å². The van der Waals surface area contributed by atoms with Crippen LogP contribution in [0.2, 0.25) is 0 Å². The maximum absolute atomic E-state index is 15.1. The van der Waals surface area contributed by atoms with Crippen LogP contribution in [-0.2, 0) is 19.2 Å². The summed E-state index contributed by atoms with van der Waals surface area (Å²) in [6.07, 6.45) is 1.46. The number of likely N-dealkylation sites (N-methyl/N-ethyl adjacent to an activating group) is 1. The second-order valence-electron chi connectivity index (χ2n) is 25.3. The summed E-state index contributed by atoms with van der Waals surface area (Å²) in [7, 11) is 1.74. The number of thiazole rings is 2. The molecule has 5 amide bonds. The van der Waals surface area contributed by atoms with Crippen LogP contribution in [0.4, 0.5) is 0 Å². The largest absolute Gasteiger partial charge is 0.347 e. The molecule has 0 radical (unpaired) electrons. The molecular formula is C70H82N8O6S2. The quantitative estimate of drug-likeness (QED) is 0.0544. The third-order valence-electron chi connectivity index (χ3n) is 17.1. The van der Waals surface area contributed by atoms with Gasteiger partial charge in [0.1, 0.15) is 21.8 Å². The Balaban J connectivity index is 0.944.